The number of nitrogens with two attached hydrogens (primary N) is 1. The highest BCUT2D eigenvalue weighted by Gasteiger charge is 2.08. The van der Waals surface area contributed by atoms with Crippen LogP contribution < -0.4 is 11.1 Å². The van der Waals surface area contributed by atoms with Gasteiger partial charge in [0.2, 0.25) is 5.91 Å². The van der Waals surface area contributed by atoms with Gasteiger partial charge in [-0.15, -0.1) is 11.3 Å². The number of aliphatic hydroxyl groups is 1. The van der Waals surface area contributed by atoms with Crippen molar-refractivity contribution >= 4 is 28.1 Å². The van der Waals surface area contributed by atoms with E-state index in [9.17, 15) is 9.90 Å². The summed E-state index contributed by atoms with van der Waals surface area (Å²) in [5.74, 6) is -0.939. The van der Waals surface area contributed by atoms with Crippen molar-refractivity contribution < 1.29 is 22.2 Å². The van der Waals surface area contributed by atoms with Crippen molar-refractivity contribution in [3.63, 3.8) is 0 Å². The topological polar surface area (TPSA) is 88.2 Å². The van der Waals surface area contributed by atoms with Crippen molar-refractivity contribution in [3.05, 3.63) is 76.2 Å². The van der Waals surface area contributed by atoms with Gasteiger partial charge in [-0.1, -0.05) is 48.3 Å². The van der Waals surface area contributed by atoms with Crippen molar-refractivity contribution in [2.75, 3.05) is 11.1 Å². The normalized spacial score (nSPS) is 18.5. The largest absolute Gasteiger partial charge is 0.388 e. The molecular weight excluding hydrogens is 382 g/mol. The lowest BCUT2D eigenvalue weighted by Crippen LogP contribution is -2.14. The summed E-state index contributed by atoms with van der Waals surface area (Å²) in [6.07, 6.45) is -7.73. The van der Waals surface area contributed by atoms with Crippen molar-refractivity contribution in [3.8, 4) is 0 Å². The Morgan fingerprint density at radius 2 is 2.07 bits per heavy atom. The van der Waals surface area contributed by atoms with Gasteiger partial charge in [-0.25, -0.2) is 4.98 Å². The number of anilines is 2. The Morgan fingerprint density at radius 3 is 2.72 bits per heavy atom. The number of nitrogens with zero attached hydrogens (tertiary/aromatic N) is 1. The summed E-state index contributed by atoms with van der Waals surface area (Å²) in [6.45, 7) is 1.41. The van der Waals surface area contributed by atoms with Crippen molar-refractivity contribution in [2.24, 2.45) is 0 Å². The standard InChI is InChI=1S/C23H27N3O2S/c1-16-6-10-18(11-7-16)21(27)5-3-2-4-17-8-12-19(13-9-17)25-22(28)14-20-15-29-23(24)26-20/h6-13,15,21,27H,2-5,14H2,1H3,(H2,24,26)(H,25,28)/t21-/m0/s1/i2D2,6D,7D,10D,11D,14D2,21D. The number of nitrogens with one attached hydrogen (secondary N) is 1. The molecule has 0 unspecified atom stereocenters. The SMILES string of the molecule is [2H]c1c([2H])c([C@@]([2H])(O)CCC([2H])([2H])Cc2ccc(NC(=O)C([2H])([2H])c3csc(N)n3)cc2)c([2H])c([2H])c1C. The Morgan fingerprint density at radius 1 is 1.34 bits per heavy atom. The molecule has 2 aromatic carbocycles. The number of carbonyl (C=O) groups excluding carboxylic acids is 1. The lowest BCUT2D eigenvalue weighted by atomic mass is 10.0. The van der Waals surface area contributed by atoms with E-state index in [-0.39, 0.29) is 47.0 Å². The van der Waals surface area contributed by atoms with Crippen LogP contribution in [0, 0.1) is 6.92 Å². The van der Waals surface area contributed by atoms with Gasteiger partial charge in [-0.2, -0.15) is 0 Å². The maximum absolute atomic E-state index is 12.4. The monoisotopic (exact) mass is 418 g/mol. The number of nitrogen functional groups attached to an aromatic ring is 1. The third-order valence-corrected chi connectivity index (χ3v) is 4.56. The van der Waals surface area contributed by atoms with Crippen molar-refractivity contribution in [1.82, 2.24) is 4.98 Å². The van der Waals surface area contributed by atoms with Gasteiger partial charge in [0.25, 0.3) is 0 Å². The average Bonchev–Trinajstić information content (AvgIpc) is 3.28. The molecule has 5 nitrogen and oxygen atoms in total. The summed E-state index contributed by atoms with van der Waals surface area (Å²) in [6, 6.07) is 4.33. The predicted octanol–water partition coefficient (Wildman–Crippen LogP) is 4.66. The quantitative estimate of drug-likeness (QED) is 0.471. The molecule has 0 aliphatic carbocycles. The molecule has 6 heteroatoms. The average molecular weight is 419 g/mol. The van der Waals surface area contributed by atoms with Gasteiger partial charge in [-0.05, 0) is 49.4 Å². The Hall–Kier alpha value is -2.70. The highest BCUT2D eigenvalue weighted by molar-refractivity contribution is 7.13. The maximum Gasteiger partial charge on any atom is 0.230 e. The summed E-state index contributed by atoms with van der Waals surface area (Å²) >= 11 is 1.02. The lowest BCUT2D eigenvalue weighted by Gasteiger charge is -2.11. The zero-order chi connectivity index (χ0) is 28.6. The highest BCUT2D eigenvalue weighted by Crippen LogP contribution is 2.21. The number of hydrogen-bond donors (Lipinski definition) is 3. The molecular formula is C23H27N3O2S. The van der Waals surface area contributed by atoms with Crippen LogP contribution in [0.2, 0.25) is 0 Å². The number of rotatable bonds is 9. The second-order valence-corrected chi connectivity index (χ2v) is 7.11. The molecule has 1 amide bonds. The molecule has 0 saturated carbocycles. The summed E-state index contributed by atoms with van der Waals surface area (Å²) in [4.78, 5) is 16.3. The maximum atomic E-state index is 12.4. The Balaban J connectivity index is 1.66. The van der Waals surface area contributed by atoms with Crippen LogP contribution in [-0.2, 0) is 17.6 Å². The van der Waals surface area contributed by atoms with Crippen LogP contribution in [0.15, 0.2) is 53.8 Å². The van der Waals surface area contributed by atoms with Crippen molar-refractivity contribution in [2.45, 2.75) is 45.0 Å². The van der Waals surface area contributed by atoms with E-state index in [0.717, 1.165) is 11.3 Å². The molecule has 0 spiro atoms. The molecule has 4 N–H and O–H groups in total. The van der Waals surface area contributed by atoms with Crippen molar-refractivity contribution in [1.29, 1.82) is 0 Å². The van der Waals surface area contributed by atoms with E-state index in [4.69, 9.17) is 18.1 Å². The minimum Gasteiger partial charge on any atom is -0.388 e. The Kier molecular flexibility index (Phi) is 4.25. The zero-order valence-electron chi connectivity index (χ0n) is 24.8. The van der Waals surface area contributed by atoms with Gasteiger partial charge in [0.1, 0.15) is 0 Å². The predicted molar refractivity (Wildman–Crippen MR) is 119 cm³/mol. The third-order valence-electron chi connectivity index (χ3n) is 3.88. The fourth-order valence-electron chi connectivity index (χ4n) is 2.41. The van der Waals surface area contributed by atoms with Gasteiger partial charge < -0.3 is 16.2 Å². The lowest BCUT2D eigenvalue weighted by molar-refractivity contribution is -0.115. The van der Waals surface area contributed by atoms with E-state index in [1.54, 1.807) is 12.1 Å². The first kappa shape index (κ1) is 12.1. The number of hydrogen-bond acceptors (Lipinski definition) is 5. The van der Waals surface area contributed by atoms with Gasteiger partial charge in [0, 0.05) is 16.6 Å². The third kappa shape index (κ3) is 6.69. The molecule has 1 heterocycles. The zero-order valence-corrected chi connectivity index (χ0v) is 16.6. The number of benzene rings is 2. The molecule has 152 valence electrons. The number of amides is 1. The van der Waals surface area contributed by atoms with E-state index in [0.29, 0.717) is 5.56 Å². The van der Waals surface area contributed by atoms with E-state index >= 15 is 0 Å². The van der Waals surface area contributed by atoms with Crippen LogP contribution in [0.25, 0.3) is 0 Å². The van der Waals surface area contributed by atoms with Gasteiger partial charge in [-0.3, -0.25) is 4.79 Å². The van der Waals surface area contributed by atoms with Crippen LogP contribution in [0.4, 0.5) is 10.8 Å². The van der Waals surface area contributed by atoms with Crippen LogP contribution in [-0.4, -0.2) is 16.0 Å². The number of aromatic nitrogens is 1. The van der Waals surface area contributed by atoms with E-state index in [1.807, 2.05) is 0 Å². The number of thiazole rings is 1. The summed E-state index contributed by atoms with van der Waals surface area (Å²) in [5.41, 5.74) is 5.85. The molecule has 0 radical (unpaired) electrons. The Labute approximate surface area is 188 Å². The smallest absolute Gasteiger partial charge is 0.230 e. The summed E-state index contributed by atoms with van der Waals surface area (Å²) in [7, 11) is 0. The van der Waals surface area contributed by atoms with Gasteiger partial charge >= 0.3 is 0 Å². The van der Waals surface area contributed by atoms with Crippen LogP contribution in [0.1, 0.15) is 60.0 Å². The molecule has 0 aliphatic heterocycles. The number of aryl methyl sites for hydroxylation is 1. The fourth-order valence-corrected chi connectivity index (χ4v) is 2.91. The van der Waals surface area contributed by atoms with Crippen LogP contribution in [0.5, 0.6) is 0 Å². The molecule has 1 aromatic heterocycles. The molecule has 3 aromatic rings. The highest BCUT2D eigenvalue weighted by atomic mass is 32.1. The molecule has 0 saturated heterocycles. The van der Waals surface area contributed by atoms with E-state index in [1.165, 1.54) is 24.4 Å². The molecule has 3 rings (SSSR count). The number of carbonyl (C=O) groups is 1. The first-order chi connectivity index (χ1) is 17.5. The second-order valence-electron chi connectivity index (χ2n) is 6.22. The van der Waals surface area contributed by atoms with E-state index < -0.39 is 48.8 Å². The first-order valence-electron chi connectivity index (χ1n) is 13.4. The molecule has 1 atom stereocenters. The van der Waals surface area contributed by atoms with Gasteiger partial charge in [0.15, 0.2) is 5.13 Å². The van der Waals surface area contributed by atoms with Crippen LogP contribution in [0.3, 0.4) is 0 Å². The molecule has 0 fully saturated rings. The summed E-state index contributed by atoms with van der Waals surface area (Å²) < 4.78 is 73.0. The van der Waals surface area contributed by atoms with Crippen LogP contribution >= 0.6 is 11.3 Å². The van der Waals surface area contributed by atoms with Gasteiger partial charge in [0.05, 0.1) is 25.0 Å². The minimum atomic E-state index is -2.53. The molecule has 0 bridgehead atoms. The second kappa shape index (κ2) is 10.2. The fraction of sp³-hybridized carbons (Fsp3) is 0.304. The summed E-state index contributed by atoms with van der Waals surface area (Å²) in [5, 5.41) is 14.7. The Bertz CT molecular complexity index is 1320. The molecule has 0 aliphatic rings. The first-order valence-corrected chi connectivity index (χ1v) is 9.76. The van der Waals surface area contributed by atoms with E-state index in [2.05, 4.69) is 10.3 Å². The minimum absolute atomic E-state index is 0.0958. The molecule has 29 heavy (non-hydrogen) atoms.